The van der Waals surface area contributed by atoms with E-state index >= 15 is 0 Å². The molecule has 3 amide bonds. The van der Waals surface area contributed by atoms with Crippen LogP contribution in [0.3, 0.4) is 0 Å². The Hall–Kier alpha value is -3.21. The molecule has 11 heteroatoms. The summed E-state index contributed by atoms with van der Waals surface area (Å²) >= 11 is 7.73. The topological polar surface area (TPSA) is 108 Å². The van der Waals surface area contributed by atoms with Crippen LogP contribution in [-0.2, 0) is 9.59 Å². The van der Waals surface area contributed by atoms with Gasteiger partial charge in [-0.2, -0.15) is 0 Å². The number of nitrogens with zero attached hydrogens (tertiary/aromatic N) is 3. The summed E-state index contributed by atoms with van der Waals surface area (Å²) in [6.45, 7) is 7.28. The minimum absolute atomic E-state index is 0.0162. The number of fused-ring (bicyclic) bond motifs is 1. The fourth-order valence-corrected chi connectivity index (χ4v) is 4.77. The van der Waals surface area contributed by atoms with Gasteiger partial charge in [0.15, 0.2) is 0 Å². The number of hydrogen-bond acceptors (Lipinski definition) is 6. The average Bonchev–Trinajstić information content (AvgIpc) is 3.31. The number of carbonyl (C=O) groups excluding carboxylic acids is 3. The third-order valence-corrected chi connectivity index (χ3v) is 6.58. The third kappa shape index (κ3) is 4.92. The second-order valence-corrected chi connectivity index (χ2v) is 8.90. The number of amides is 3. The van der Waals surface area contributed by atoms with Gasteiger partial charge in [0.1, 0.15) is 0 Å². The highest BCUT2D eigenvalue weighted by Gasteiger charge is 2.27. The average molecular weight is 487 g/mol. The molecule has 0 unspecified atom stereocenters. The molecule has 1 saturated heterocycles. The van der Waals surface area contributed by atoms with Gasteiger partial charge in [-0.05, 0) is 24.3 Å². The van der Waals surface area contributed by atoms with Gasteiger partial charge in [0, 0.05) is 38.5 Å². The van der Waals surface area contributed by atoms with E-state index in [0.717, 1.165) is 6.08 Å². The zero-order valence-electron chi connectivity index (χ0n) is 17.9. The quantitative estimate of drug-likeness (QED) is 0.480. The van der Waals surface area contributed by atoms with Gasteiger partial charge in [-0.3, -0.25) is 19.7 Å². The molecule has 1 atom stereocenters. The number of aromatic nitrogens is 2. The molecular weight excluding hydrogens is 464 g/mol. The smallest absolute Gasteiger partial charge is 0.268 e. The Morgan fingerprint density at radius 3 is 2.91 bits per heavy atom. The van der Waals surface area contributed by atoms with Crippen LogP contribution in [0.5, 0.6) is 0 Å². The summed E-state index contributed by atoms with van der Waals surface area (Å²) in [5, 5.41) is 11.1. The summed E-state index contributed by atoms with van der Waals surface area (Å²) in [7, 11) is 0. The zero-order valence-corrected chi connectivity index (χ0v) is 19.5. The molecule has 172 valence electrons. The molecule has 0 spiro atoms. The molecule has 1 fully saturated rings. The van der Waals surface area contributed by atoms with E-state index in [9.17, 15) is 14.4 Å². The lowest BCUT2D eigenvalue weighted by molar-refractivity contribution is -0.129. The largest absolute Gasteiger partial charge is 0.340 e. The highest BCUT2D eigenvalue weighted by Crippen LogP contribution is 2.31. The fraction of sp³-hybridized carbons (Fsp3) is 0.273. The van der Waals surface area contributed by atoms with E-state index < -0.39 is 0 Å². The van der Waals surface area contributed by atoms with Gasteiger partial charge in [0.2, 0.25) is 17.8 Å². The van der Waals surface area contributed by atoms with Crippen LogP contribution < -0.4 is 16.0 Å². The van der Waals surface area contributed by atoms with Crippen molar-refractivity contribution < 1.29 is 14.4 Å². The van der Waals surface area contributed by atoms with Crippen LogP contribution in [0.4, 0.5) is 11.6 Å². The van der Waals surface area contributed by atoms with Crippen LogP contribution >= 0.6 is 22.9 Å². The van der Waals surface area contributed by atoms with Crippen molar-refractivity contribution in [2.75, 3.05) is 36.8 Å². The Kier molecular flexibility index (Phi) is 6.77. The molecule has 1 aromatic carbocycles. The molecule has 2 aromatic heterocycles. The number of rotatable bonds is 5. The summed E-state index contributed by atoms with van der Waals surface area (Å²) in [5.74, 6) is -0.397. The molecule has 3 heterocycles. The second kappa shape index (κ2) is 9.74. The first-order valence-electron chi connectivity index (χ1n) is 10.3. The number of para-hydroxylation sites is 1. The number of carbonyl (C=O) groups is 3. The Balaban J connectivity index is 1.68. The maximum Gasteiger partial charge on any atom is 0.268 e. The fourth-order valence-electron chi connectivity index (χ4n) is 3.78. The molecule has 3 N–H and O–H groups in total. The summed E-state index contributed by atoms with van der Waals surface area (Å²) < 4.78 is 1.89. The van der Waals surface area contributed by atoms with Crippen molar-refractivity contribution in [1.82, 2.24) is 19.8 Å². The molecule has 0 aliphatic carbocycles. The molecule has 9 nitrogen and oxygen atoms in total. The van der Waals surface area contributed by atoms with Gasteiger partial charge in [0.05, 0.1) is 32.7 Å². The summed E-state index contributed by atoms with van der Waals surface area (Å²) in [6, 6.07) is 6.80. The lowest BCUT2D eigenvalue weighted by atomic mass is 10.2. The van der Waals surface area contributed by atoms with Crippen LogP contribution in [0.15, 0.2) is 42.3 Å². The third-order valence-electron chi connectivity index (χ3n) is 5.34. The van der Waals surface area contributed by atoms with E-state index in [1.54, 1.807) is 35.4 Å². The standard InChI is InChI=1S/C22H23ClN6O3S/c1-3-19(31)25-14-9-18(33-12-14)21(32)27-22-26-17-6-4-5-16(23)20(17)29(22)15-10-24-7-8-28(11-15)13(2)30/h3-6,9,12,15,24H,1,7-8,10-11H2,2H3,(H,25,31)(H,26,27,32)/t15-/m1/s1. The number of anilines is 2. The van der Waals surface area contributed by atoms with Gasteiger partial charge in [-0.15, -0.1) is 11.3 Å². The van der Waals surface area contributed by atoms with Gasteiger partial charge in [-0.25, -0.2) is 4.98 Å². The highest BCUT2D eigenvalue weighted by atomic mass is 35.5. The van der Waals surface area contributed by atoms with Gasteiger partial charge >= 0.3 is 0 Å². The first-order valence-corrected chi connectivity index (χ1v) is 11.6. The molecule has 1 aliphatic rings. The number of nitrogens with one attached hydrogen (secondary N) is 3. The number of benzene rings is 1. The maximum atomic E-state index is 13.0. The van der Waals surface area contributed by atoms with Crippen LogP contribution in [0.1, 0.15) is 22.6 Å². The predicted octanol–water partition coefficient (Wildman–Crippen LogP) is 3.12. The first-order chi connectivity index (χ1) is 15.9. The lowest BCUT2D eigenvalue weighted by Crippen LogP contribution is -2.35. The van der Waals surface area contributed by atoms with E-state index in [1.807, 2.05) is 10.6 Å². The van der Waals surface area contributed by atoms with Gasteiger partial charge in [0.25, 0.3) is 5.91 Å². The van der Waals surface area contributed by atoms with Crippen molar-refractivity contribution in [2.45, 2.75) is 13.0 Å². The molecule has 0 saturated carbocycles. The Morgan fingerprint density at radius 1 is 1.33 bits per heavy atom. The lowest BCUT2D eigenvalue weighted by Gasteiger charge is -2.25. The first kappa shape index (κ1) is 23.0. The number of imidazole rings is 1. The van der Waals surface area contributed by atoms with E-state index in [0.29, 0.717) is 58.7 Å². The van der Waals surface area contributed by atoms with E-state index in [1.165, 1.54) is 11.3 Å². The molecule has 4 rings (SSSR count). The summed E-state index contributed by atoms with van der Waals surface area (Å²) in [5.41, 5.74) is 1.84. The van der Waals surface area contributed by atoms with Crippen LogP contribution in [0.2, 0.25) is 5.02 Å². The SMILES string of the molecule is C=CC(=O)Nc1csc(C(=O)Nc2nc3cccc(Cl)c3n2[C@@H]2CNCCN(C(C)=O)C2)c1. The van der Waals surface area contributed by atoms with E-state index in [2.05, 4.69) is 27.5 Å². The Bertz CT molecular complexity index is 1240. The van der Waals surface area contributed by atoms with Crippen LogP contribution in [0.25, 0.3) is 11.0 Å². The molecule has 0 radical (unpaired) electrons. The Morgan fingerprint density at radius 2 is 2.15 bits per heavy atom. The minimum atomic E-state index is -0.364. The van der Waals surface area contributed by atoms with Gasteiger partial charge in [-0.1, -0.05) is 24.2 Å². The predicted molar refractivity (Wildman–Crippen MR) is 130 cm³/mol. The van der Waals surface area contributed by atoms with Crippen molar-refractivity contribution in [3.63, 3.8) is 0 Å². The number of thiophene rings is 1. The van der Waals surface area contributed by atoms with Crippen molar-refractivity contribution in [3.8, 4) is 0 Å². The van der Waals surface area contributed by atoms with Crippen molar-refractivity contribution in [2.24, 2.45) is 0 Å². The van der Waals surface area contributed by atoms with Crippen molar-refractivity contribution in [1.29, 1.82) is 0 Å². The molecule has 33 heavy (non-hydrogen) atoms. The molecule has 1 aliphatic heterocycles. The second-order valence-electron chi connectivity index (χ2n) is 7.58. The zero-order chi connectivity index (χ0) is 23.5. The van der Waals surface area contributed by atoms with Crippen LogP contribution in [-0.4, -0.2) is 58.4 Å². The summed E-state index contributed by atoms with van der Waals surface area (Å²) in [6.07, 6.45) is 1.16. The minimum Gasteiger partial charge on any atom is -0.340 e. The number of halogens is 1. The monoisotopic (exact) mass is 486 g/mol. The van der Waals surface area contributed by atoms with Crippen molar-refractivity contribution in [3.05, 3.63) is 52.2 Å². The number of hydrogen-bond donors (Lipinski definition) is 3. The van der Waals surface area contributed by atoms with Crippen molar-refractivity contribution >= 4 is 63.3 Å². The van der Waals surface area contributed by atoms with E-state index in [4.69, 9.17) is 11.6 Å². The summed E-state index contributed by atoms with van der Waals surface area (Å²) in [4.78, 5) is 43.4. The molecule has 0 bridgehead atoms. The van der Waals surface area contributed by atoms with E-state index in [-0.39, 0.29) is 23.8 Å². The molecular formula is C22H23ClN6O3S. The highest BCUT2D eigenvalue weighted by molar-refractivity contribution is 7.12. The maximum absolute atomic E-state index is 13.0. The van der Waals surface area contributed by atoms with Crippen LogP contribution in [0, 0.1) is 0 Å². The Labute approximate surface area is 199 Å². The molecule has 3 aromatic rings. The van der Waals surface area contributed by atoms with Gasteiger partial charge < -0.3 is 20.1 Å². The normalized spacial score (nSPS) is 16.3.